The summed E-state index contributed by atoms with van der Waals surface area (Å²) in [6.45, 7) is 12.3. The quantitative estimate of drug-likeness (QED) is 0.637. The minimum absolute atomic E-state index is 0.312. The number of carbonyl (C=O) groups excluding carboxylic acids is 1. The average molecular weight is 429 g/mol. The molecule has 1 amide bonds. The highest BCUT2D eigenvalue weighted by atomic mass is 32.1. The van der Waals surface area contributed by atoms with Gasteiger partial charge in [0.05, 0.1) is 5.39 Å². The summed E-state index contributed by atoms with van der Waals surface area (Å²) in [5.41, 5.74) is 1.50. The van der Waals surface area contributed by atoms with Gasteiger partial charge in [0.15, 0.2) is 0 Å². The number of unbranched alkanes of at least 4 members (excludes halogenated alkanes) is 1. The van der Waals surface area contributed by atoms with Gasteiger partial charge in [0, 0.05) is 43.4 Å². The van der Waals surface area contributed by atoms with E-state index in [4.69, 9.17) is 9.97 Å². The van der Waals surface area contributed by atoms with Crippen LogP contribution in [0.2, 0.25) is 0 Å². The van der Waals surface area contributed by atoms with Crippen molar-refractivity contribution in [1.82, 2.24) is 14.9 Å². The van der Waals surface area contributed by atoms with Crippen LogP contribution in [-0.2, 0) is 17.6 Å². The van der Waals surface area contributed by atoms with E-state index in [1.807, 2.05) is 16.2 Å². The molecule has 2 atom stereocenters. The second kappa shape index (κ2) is 9.21. The second-order valence-electron chi connectivity index (χ2n) is 9.22. The fourth-order valence-corrected chi connectivity index (χ4v) is 6.01. The van der Waals surface area contributed by atoms with Gasteiger partial charge in [-0.25, -0.2) is 9.97 Å². The van der Waals surface area contributed by atoms with Crippen LogP contribution in [0, 0.1) is 5.92 Å². The van der Waals surface area contributed by atoms with Crippen molar-refractivity contribution in [3.63, 3.8) is 0 Å². The van der Waals surface area contributed by atoms with E-state index in [9.17, 15) is 4.79 Å². The molecule has 1 aliphatic heterocycles. The summed E-state index contributed by atoms with van der Waals surface area (Å²) in [5.74, 6) is 3.54. The number of aromatic nitrogens is 2. The molecule has 0 saturated carbocycles. The number of anilines is 1. The van der Waals surface area contributed by atoms with Gasteiger partial charge in [-0.1, -0.05) is 34.1 Å². The Balaban J connectivity index is 1.65. The summed E-state index contributed by atoms with van der Waals surface area (Å²) in [6, 6.07) is 0. The molecular weight excluding hydrogens is 392 g/mol. The molecule has 1 saturated heterocycles. The van der Waals surface area contributed by atoms with Crippen molar-refractivity contribution >= 4 is 33.3 Å². The van der Waals surface area contributed by atoms with Crippen LogP contribution in [0.15, 0.2) is 0 Å². The van der Waals surface area contributed by atoms with Crippen LogP contribution < -0.4 is 4.90 Å². The number of hydrogen-bond acceptors (Lipinski definition) is 5. The fraction of sp³-hybridized carbons (Fsp3) is 0.708. The number of aryl methyl sites for hydroxylation is 1. The van der Waals surface area contributed by atoms with Gasteiger partial charge in [-0.15, -0.1) is 11.3 Å². The van der Waals surface area contributed by atoms with Crippen molar-refractivity contribution in [2.75, 3.05) is 31.1 Å². The van der Waals surface area contributed by atoms with Gasteiger partial charge < -0.3 is 9.80 Å². The number of thiophene rings is 1. The minimum Gasteiger partial charge on any atom is -0.352 e. The predicted octanol–water partition coefficient (Wildman–Crippen LogP) is 5.17. The monoisotopic (exact) mass is 428 g/mol. The highest BCUT2D eigenvalue weighted by molar-refractivity contribution is 7.19. The summed E-state index contributed by atoms with van der Waals surface area (Å²) >= 11 is 1.90. The first-order valence-corrected chi connectivity index (χ1v) is 12.7. The van der Waals surface area contributed by atoms with E-state index in [-0.39, 0.29) is 0 Å². The van der Waals surface area contributed by atoms with Crippen molar-refractivity contribution in [3.05, 3.63) is 16.3 Å². The standard InChI is InChI=1S/C24H36N4OS/c1-5-7-8-20(29)27-11-13-28(14-12-27)23-21-18-10-9-16(3)15-19(18)30-24(21)26-22(25-23)17(4)6-2/h16-17H,5-15H2,1-4H3/t16-,17-/m0/s1. The Bertz CT molecular complexity index is 900. The third kappa shape index (κ3) is 4.20. The van der Waals surface area contributed by atoms with Crippen molar-refractivity contribution in [3.8, 4) is 0 Å². The first-order chi connectivity index (χ1) is 14.5. The highest BCUT2D eigenvalue weighted by Crippen LogP contribution is 2.41. The zero-order valence-corrected chi connectivity index (χ0v) is 19.9. The summed E-state index contributed by atoms with van der Waals surface area (Å²) in [5, 5.41) is 1.31. The molecule has 2 aromatic rings. The van der Waals surface area contributed by atoms with E-state index < -0.39 is 0 Å². The summed E-state index contributed by atoms with van der Waals surface area (Å²) in [6.07, 6.45) is 7.37. The van der Waals surface area contributed by atoms with Crippen molar-refractivity contribution < 1.29 is 4.79 Å². The molecule has 0 bridgehead atoms. The number of piperazine rings is 1. The molecule has 1 fully saturated rings. The van der Waals surface area contributed by atoms with Gasteiger partial charge in [-0.2, -0.15) is 0 Å². The molecule has 3 heterocycles. The lowest BCUT2D eigenvalue weighted by atomic mass is 9.89. The lowest BCUT2D eigenvalue weighted by molar-refractivity contribution is -0.131. The third-order valence-corrected chi connectivity index (χ3v) is 8.03. The molecule has 1 aliphatic carbocycles. The largest absolute Gasteiger partial charge is 0.352 e. The van der Waals surface area contributed by atoms with E-state index in [1.54, 1.807) is 0 Å². The van der Waals surface area contributed by atoms with Gasteiger partial charge >= 0.3 is 0 Å². The smallest absolute Gasteiger partial charge is 0.222 e. The molecule has 164 valence electrons. The molecule has 5 nitrogen and oxygen atoms in total. The van der Waals surface area contributed by atoms with Crippen LogP contribution in [0.5, 0.6) is 0 Å². The number of nitrogens with zero attached hydrogens (tertiary/aromatic N) is 4. The molecule has 2 aliphatic rings. The lowest BCUT2D eigenvalue weighted by Gasteiger charge is -2.36. The number of rotatable bonds is 6. The first kappa shape index (κ1) is 21.5. The average Bonchev–Trinajstić information content (AvgIpc) is 3.13. The SMILES string of the molecule is CCCCC(=O)N1CCN(c2nc([C@@H](C)CC)nc3sc4c(c23)CC[C@H](C)C4)CC1. The van der Waals surface area contributed by atoms with E-state index in [1.165, 1.54) is 33.5 Å². The number of amides is 1. The highest BCUT2D eigenvalue weighted by Gasteiger charge is 2.29. The van der Waals surface area contributed by atoms with E-state index in [2.05, 4.69) is 32.6 Å². The maximum Gasteiger partial charge on any atom is 0.222 e. The normalized spacial score (nSPS) is 20.5. The van der Waals surface area contributed by atoms with E-state index in [0.29, 0.717) is 18.2 Å². The Morgan fingerprint density at radius 2 is 1.97 bits per heavy atom. The van der Waals surface area contributed by atoms with Crippen LogP contribution in [0.4, 0.5) is 5.82 Å². The third-order valence-electron chi connectivity index (χ3n) is 6.88. The molecule has 6 heteroatoms. The van der Waals surface area contributed by atoms with Crippen LogP contribution in [0.1, 0.15) is 82.0 Å². The summed E-state index contributed by atoms with van der Waals surface area (Å²) < 4.78 is 0. The first-order valence-electron chi connectivity index (χ1n) is 11.9. The van der Waals surface area contributed by atoms with Gasteiger partial charge in [0.2, 0.25) is 5.91 Å². The van der Waals surface area contributed by atoms with Gasteiger partial charge in [0.25, 0.3) is 0 Å². The maximum atomic E-state index is 12.5. The van der Waals surface area contributed by atoms with Gasteiger partial charge in [0.1, 0.15) is 16.5 Å². The predicted molar refractivity (Wildman–Crippen MR) is 126 cm³/mol. The van der Waals surface area contributed by atoms with Crippen molar-refractivity contribution in [1.29, 1.82) is 0 Å². The Morgan fingerprint density at radius 1 is 1.20 bits per heavy atom. The summed E-state index contributed by atoms with van der Waals surface area (Å²) in [7, 11) is 0. The molecule has 0 aromatic carbocycles. The number of fused-ring (bicyclic) bond motifs is 3. The second-order valence-corrected chi connectivity index (χ2v) is 10.3. The van der Waals surface area contributed by atoms with E-state index >= 15 is 0 Å². The van der Waals surface area contributed by atoms with Crippen molar-refractivity contribution in [2.24, 2.45) is 5.92 Å². The fourth-order valence-electron chi connectivity index (χ4n) is 4.62. The molecule has 0 unspecified atom stereocenters. The molecule has 0 radical (unpaired) electrons. The molecule has 30 heavy (non-hydrogen) atoms. The number of carbonyl (C=O) groups is 1. The molecule has 0 spiro atoms. The van der Waals surface area contributed by atoms with Crippen LogP contribution in [0.25, 0.3) is 10.2 Å². The Morgan fingerprint density at radius 3 is 2.67 bits per heavy atom. The minimum atomic E-state index is 0.312. The molecule has 4 rings (SSSR count). The van der Waals surface area contributed by atoms with Crippen LogP contribution in [0.3, 0.4) is 0 Å². The zero-order chi connectivity index (χ0) is 21.3. The molecule has 2 aromatic heterocycles. The van der Waals surface area contributed by atoms with Crippen LogP contribution >= 0.6 is 11.3 Å². The molecule has 0 N–H and O–H groups in total. The molecular formula is C24H36N4OS. The Labute approximate surface area is 184 Å². The maximum absolute atomic E-state index is 12.5. The number of hydrogen-bond donors (Lipinski definition) is 0. The van der Waals surface area contributed by atoms with Gasteiger partial charge in [-0.3, -0.25) is 4.79 Å². The topological polar surface area (TPSA) is 49.3 Å². The van der Waals surface area contributed by atoms with Crippen LogP contribution in [-0.4, -0.2) is 47.0 Å². The lowest BCUT2D eigenvalue weighted by Crippen LogP contribution is -2.49. The van der Waals surface area contributed by atoms with E-state index in [0.717, 1.165) is 69.4 Å². The Hall–Kier alpha value is -1.69. The van der Waals surface area contributed by atoms with Gasteiger partial charge in [-0.05, 0) is 43.6 Å². The zero-order valence-electron chi connectivity index (χ0n) is 19.0. The Kier molecular flexibility index (Phi) is 6.61. The summed E-state index contributed by atoms with van der Waals surface area (Å²) in [4.78, 5) is 29.8. The van der Waals surface area contributed by atoms with Crippen molar-refractivity contribution in [2.45, 2.75) is 78.6 Å².